The number of carboxylic acid groups (broad SMARTS) is 2. The summed E-state index contributed by atoms with van der Waals surface area (Å²) in [6.07, 6.45) is 0.440. The van der Waals surface area contributed by atoms with Crippen molar-refractivity contribution < 1.29 is 42.6 Å². The fraction of sp³-hybridized carbons (Fsp3) is 0.333. The predicted molar refractivity (Wildman–Crippen MR) is 140 cm³/mol. The Bertz CT molecular complexity index is 1680. The van der Waals surface area contributed by atoms with Crippen molar-refractivity contribution in [1.82, 2.24) is 20.2 Å². The quantitative estimate of drug-likeness (QED) is 0.274. The van der Waals surface area contributed by atoms with Gasteiger partial charge in [-0.1, -0.05) is 0 Å². The van der Waals surface area contributed by atoms with Crippen molar-refractivity contribution >= 4 is 40.6 Å². The van der Waals surface area contributed by atoms with Crippen LogP contribution >= 0.6 is 0 Å². The lowest BCUT2D eigenvalue weighted by Gasteiger charge is -2.23. The summed E-state index contributed by atoms with van der Waals surface area (Å²) >= 11 is 0. The van der Waals surface area contributed by atoms with E-state index in [1.54, 1.807) is 4.90 Å². The summed E-state index contributed by atoms with van der Waals surface area (Å²) in [6.45, 7) is 0.555. The number of aromatic carboxylic acids is 1. The molecule has 2 aromatic heterocycles. The third kappa shape index (κ3) is 5.62. The fourth-order valence-electron chi connectivity index (χ4n) is 5.24. The molecule has 1 aliphatic heterocycles. The SMILES string of the molecule is O=C(O)CCNC(=O)CCC(=O)N[C@H]1[C@@H]2CN(c3nc4c(cc3F)c(=O)c(C(=O)O)cn4-c3ccc(F)cc3F)C[C@@H]21. The molecular formula is C27H24F3N5O7. The highest BCUT2D eigenvalue weighted by molar-refractivity contribution is 5.92. The highest BCUT2D eigenvalue weighted by atomic mass is 19.1. The van der Waals surface area contributed by atoms with Gasteiger partial charge in [0.2, 0.25) is 17.2 Å². The molecule has 5 rings (SSSR count). The number of fused-ring (bicyclic) bond motifs is 2. The molecule has 12 nitrogen and oxygen atoms in total. The molecular weight excluding hydrogens is 563 g/mol. The largest absolute Gasteiger partial charge is 0.481 e. The van der Waals surface area contributed by atoms with E-state index in [4.69, 9.17) is 5.11 Å². The first-order chi connectivity index (χ1) is 19.9. The number of benzene rings is 1. The van der Waals surface area contributed by atoms with E-state index >= 15 is 4.39 Å². The van der Waals surface area contributed by atoms with Gasteiger partial charge in [-0.3, -0.25) is 23.7 Å². The summed E-state index contributed by atoms with van der Waals surface area (Å²) in [6, 6.07) is 3.22. The summed E-state index contributed by atoms with van der Waals surface area (Å²) in [4.78, 5) is 64.9. The molecule has 1 saturated heterocycles. The number of halogens is 3. The highest BCUT2D eigenvalue weighted by Gasteiger charge is 2.57. The van der Waals surface area contributed by atoms with Crippen LogP contribution in [0, 0.1) is 29.3 Å². The highest BCUT2D eigenvalue weighted by Crippen LogP contribution is 2.47. The van der Waals surface area contributed by atoms with Crippen LogP contribution in [0.3, 0.4) is 0 Å². The number of aliphatic carboxylic acids is 1. The standard InChI is InChI=1S/C27H24F3N5O7/c28-12-1-2-19(17(29)7-12)35-11-16(27(41)42)24(40)13-8-18(30)26(33-25(13)35)34-9-14-15(10-34)23(14)32-21(37)4-3-20(36)31-6-5-22(38)39/h1-2,7-8,11,14-15,23H,3-6,9-10H2,(H,31,36)(H,32,37)(H,38,39)(H,41,42)/t14-,15+,23+. The van der Waals surface area contributed by atoms with Crippen molar-refractivity contribution in [3.05, 3.63) is 63.7 Å². The Morgan fingerprint density at radius 3 is 2.29 bits per heavy atom. The molecule has 220 valence electrons. The van der Waals surface area contributed by atoms with Crippen molar-refractivity contribution in [1.29, 1.82) is 0 Å². The lowest BCUT2D eigenvalue weighted by molar-refractivity contribution is -0.137. The van der Waals surface area contributed by atoms with Gasteiger partial charge in [0.25, 0.3) is 0 Å². The van der Waals surface area contributed by atoms with Crippen LogP contribution in [0.5, 0.6) is 0 Å². The number of amides is 2. The van der Waals surface area contributed by atoms with Gasteiger partial charge >= 0.3 is 11.9 Å². The van der Waals surface area contributed by atoms with Gasteiger partial charge in [-0.05, 0) is 18.2 Å². The Kier molecular flexibility index (Phi) is 7.58. The maximum absolute atomic E-state index is 15.2. The lowest BCUT2D eigenvalue weighted by atomic mass is 10.1. The van der Waals surface area contributed by atoms with E-state index in [1.165, 1.54) is 0 Å². The summed E-state index contributed by atoms with van der Waals surface area (Å²) in [7, 11) is 0. The zero-order valence-electron chi connectivity index (χ0n) is 21.8. The number of carbonyl (C=O) groups excluding carboxylic acids is 2. The first-order valence-electron chi connectivity index (χ1n) is 12.9. The third-order valence-electron chi connectivity index (χ3n) is 7.37. The average molecular weight is 588 g/mol. The summed E-state index contributed by atoms with van der Waals surface area (Å²) in [5.41, 5.74) is -2.29. The van der Waals surface area contributed by atoms with Gasteiger partial charge in [0, 0.05) is 62.6 Å². The molecule has 0 unspecified atom stereocenters. The van der Waals surface area contributed by atoms with Crippen LogP contribution in [0.4, 0.5) is 19.0 Å². The topological polar surface area (TPSA) is 171 Å². The number of aromatic nitrogens is 2. The van der Waals surface area contributed by atoms with E-state index in [9.17, 15) is 37.9 Å². The molecule has 3 aromatic rings. The molecule has 15 heteroatoms. The Hall–Kier alpha value is -4.95. The summed E-state index contributed by atoms with van der Waals surface area (Å²) in [5.74, 6) is -6.54. The number of carbonyl (C=O) groups is 4. The zero-order valence-corrected chi connectivity index (χ0v) is 21.8. The predicted octanol–water partition coefficient (Wildman–Crippen LogP) is 1.42. The van der Waals surface area contributed by atoms with Crippen molar-refractivity contribution in [2.45, 2.75) is 25.3 Å². The minimum atomic E-state index is -1.62. The van der Waals surface area contributed by atoms with Crippen LogP contribution in [0.1, 0.15) is 29.6 Å². The second kappa shape index (κ2) is 11.1. The molecule has 2 amide bonds. The van der Waals surface area contributed by atoms with E-state index < -0.39 is 51.7 Å². The number of carboxylic acids is 2. The molecule has 3 atom stereocenters. The summed E-state index contributed by atoms with van der Waals surface area (Å²) < 4.78 is 44.4. The normalized spacial score (nSPS) is 18.9. The fourth-order valence-corrected chi connectivity index (χ4v) is 5.24. The Labute approximate surface area is 234 Å². The average Bonchev–Trinajstić information content (AvgIpc) is 3.33. The molecule has 0 bridgehead atoms. The van der Waals surface area contributed by atoms with Crippen molar-refractivity contribution in [2.75, 3.05) is 24.5 Å². The van der Waals surface area contributed by atoms with Crippen LogP contribution < -0.4 is 21.0 Å². The smallest absolute Gasteiger partial charge is 0.341 e. The zero-order chi connectivity index (χ0) is 30.3. The van der Waals surface area contributed by atoms with Gasteiger partial charge in [0.15, 0.2) is 17.3 Å². The van der Waals surface area contributed by atoms with Gasteiger partial charge in [-0.2, -0.15) is 0 Å². The van der Waals surface area contributed by atoms with E-state index in [2.05, 4.69) is 15.6 Å². The minimum absolute atomic E-state index is 0.0343. The number of nitrogens with one attached hydrogen (secondary N) is 2. The summed E-state index contributed by atoms with van der Waals surface area (Å²) in [5, 5.41) is 22.9. The Morgan fingerprint density at radius 1 is 0.952 bits per heavy atom. The number of hydrogen-bond donors (Lipinski definition) is 4. The van der Waals surface area contributed by atoms with Gasteiger partial charge in [0.1, 0.15) is 17.2 Å². The second-order valence-electron chi connectivity index (χ2n) is 10.1. The molecule has 1 saturated carbocycles. The van der Waals surface area contributed by atoms with E-state index in [0.717, 1.165) is 29.0 Å². The van der Waals surface area contributed by atoms with Crippen LogP contribution in [0.15, 0.2) is 35.3 Å². The van der Waals surface area contributed by atoms with Gasteiger partial charge in [-0.15, -0.1) is 0 Å². The number of nitrogens with zero attached hydrogens (tertiary/aromatic N) is 3. The number of rotatable bonds is 10. The van der Waals surface area contributed by atoms with Gasteiger partial charge < -0.3 is 25.7 Å². The van der Waals surface area contributed by atoms with Crippen LogP contribution in [-0.4, -0.2) is 69.2 Å². The number of anilines is 1. The van der Waals surface area contributed by atoms with Gasteiger partial charge in [-0.25, -0.2) is 22.9 Å². The van der Waals surface area contributed by atoms with E-state index in [-0.39, 0.29) is 66.7 Å². The van der Waals surface area contributed by atoms with Crippen LogP contribution in [0.2, 0.25) is 0 Å². The molecule has 42 heavy (non-hydrogen) atoms. The molecule has 3 heterocycles. The van der Waals surface area contributed by atoms with Crippen LogP contribution in [0.25, 0.3) is 16.7 Å². The number of hydrogen-bond acceptors (Lipinski definition) is 7. The monoisotopic (exact) mass is 587 g/mol. The second-order valence-corrected chi connectivity index (χ2v) is 10.1. The Balaban J connectivity index is 1.31. The molecule has 2 fully saturated rings. The Morgan fingerprint density at radius 2 is 1.64 bits per heavy atom. The van der Waals surface area contributed by atoms with E-state index in [0.29, 0.717) is 19.2 Å². The first-order valence-corrected chi connectivity index (χ1v) is 12.9. The lowest BCUT2D eigenvalue weighted by Crippen LogP contribution is -2.36. The maximum atomic E-state index is 15.2. The van der Waals surface area contributed by atoms with Crippen molar-refractivity contribution in [3.8, 4) is 5.69 Å². The molecule has 1 aromatic carbocycles. The maximum Gasteiger partial charge on any atom is 0.341 e. The first kappa shape index (κ1) is 28.6. The van der Waals surface area contributed by atoms with Crippen molar-refractivity contribution in [2.24, 2.45) is 11.8 Å². The molecule has 1 aliphatic carbocycles. The minimum Gasteiger partial charge on any atom is -0.481 e. The number of piperidine rings is 1. The van der Waals surface area contributed by atoms with Crippen LogP contribution in [-0.2, 0) is 14.4 Å². The number of pyridine rings is 2. The molecule has 0 radical (unpaired) electrons. The van der Waals surface area contributed by atoms with Gasteiger partial charge in [0.05, 0.1) is 17.5 Å². The van der Waals surface area contributed by atoms with E-state index in [1.807, 2.05) is 0 Å². The van der Waals surface area contributed by atoms with Crippen molar-refractivity contribution in [3.63, 3.8) is 0 Å². The molecule has 4 N–H and O–H groups in total. The third-order valence-corrected chi connectivity index (χ3v) is 7.37. The molecule has 2 aliphatic rings. The molecule has 0 spiro atoms.